The van der Waals surface area contributed by atoms with Crippen molar-refractivity contribution >= 4 is 35.0 Å². The van der Waals surface area contributed by atoms with Crippen molar-refractivity contribution in [2.45, 2.75) is 6.61 Å². The molecule has 2 aromatic heterocycles. The first-order valence-corrected chi connectivity index (χ1v) is 7.93. The molecule has 0 radical (unpaired) electrons. The van der Waals surface area contributed by atoms with Crippen molar-refractivity contribution in [1.82, 2.24) is 10.2 Å². The summed E-state index contributed by atoms with van der Waals surface area (Å²) < 4.78 is 10.5. The van der Waals surface area contributed by atoms with Crippen molar-refractivity contribution in [2.24, 2.45) is 0 Å². The molecule has 1 aromatic carbocycles. The summed E-state index contributed by atoms with van der Waals surface area (Å²) in [6.45, 7) is -0.0752. The molecule has 7 heteroatoms. The van der Waals surface area contributed by atoms with E-state index in [4.69, 9.17) is 20.8 Å². The molecule has 2 heterocycles. The molecule has 0 aliphatic rings. The number of aromatic nitrogens is 2. The van der Waals surface area contributed by atoms with Gasteiger partial charge in [-0.25, -0.2) is 4.79 Å². The second-order valence-corrected chi connectivity index (χ2v) is 5.88. The van der Waals surface area contributed by atoms with Gasteiger partial charge in [-0.3, -0.25) is 0 Å². The van der Waals surface area contributed by atoms with Gasteiger partial charge in [-0.05, 0) is 41.8 Å². The molecule has 3 aromatic rings. The predicted molar refractivity (Wildman–Crippen MR) is 87.9 cm³/mol. The molecular weight excluding hydrogens is 336 g/mol. The molecule has 0 spiro atoms. The average Bonchev–Trinajstić information content (AvgIpc) is 3.23. The Morgan fingerprint density at radius 1 is 1.26 bits per heavy atom. The minimum atomic E-state index is -0.468. The van der Waals surface area contributed by atoms with Gasteiger partial charge in [0, 0.05) is 21.5 Å². The Bertz CT molecular complexity index is 810. The van der Waals surface area contributed by atoms with E-state index in [1.807, 2.05) is 17.5 Å². The van der Waals surface area contributed by atoms with Gasteiger partial charge in [-0.2, -0.15) is 0 Å². The SMILES string of the molecule is O=C(/C=C/c1cccs1)OCc1nnc(-c2ccc(Cl)cc2)o1. The van der Waals surface area contributed by atoms with Crippen LogP contribution in [-0.2, 0) is 16.1 Å². The normalized spacial score (nSPS) is 11.0. The van der Waals surface area contributed by atoms with Crippen LogP contribution in [0.25, 0.3) is 17.5 Å². The highest BCUT2D eigenvalue weighted by molar-refractivity contribution is 7.10. The smallest absolute Gasteiger partial charge is 0.331 e. The van der Waals surface area contributed by atoms with Crippen molar-refractivity contribution in [3.63, 3.8) is 0 Å². The summed E-state index contributed by atoms with van der Waals surface area (Å²) in [4.78, 5) is 12.6. The summed E-state index contributed by atoms with van der Waals surface area (Å²) in [6.07, 6.45) is 3.06. The van der Waals surface area contributed by atoms with Gasteiger partial charge in [0.05, 0.1) is 0 Å². The second kappa shape index (κ2) is 7.21. The summed E-state index contributed by atoms with van der Waals surface area (Å²) in [5.74, 6) is 0.110. The first-order valence-electron chi connectivity index (χ1n) is 6.67. The fourth-order valence-electron chi connectivity index (χ4n) is 1.74. The number of ether oxygens (including phenoxy) is 1. The van der Waals surface area contributed by atoms with Crippen molar-refractivity contribution in [3.8, 4) is 11.5 Å². The maximum absolute atomic E-state index is 11.6. The fraction of sp³-hybridized carbons (Fsp3) is 0.0625. The molecule has 0 saturated carbocycles. The van der Waals surface area contributed by atoms with E-state index in [0.717, 1.165) is 10.4 Å². The Morgan fingerprint density at radius 3 is 2.83 bits per heavy atom. The Kier molecular flexibility index (Phi) is 4.85. The lowest BCUT2D eigenvalue weighted by molar-refractivity contribution is -0.139. The van der Waals surface area contributed by atoms with Crippen LogP contribution in [0, 0.1) is 0 Å². The Hall–Kier alpha value is -2.44. The summed E-state index contributed by atoms with van der Waals surface area (Å²) >= 11 is 7.36. The zero-order chi connectivity index (χ0) is 16.1. The number of thiophene rings is 1. The van der Waals surface area contributed by atoms with Gasteiger partial charge < -0.3 is 9.15 Å². The summed E-state index contributed by atoms with van der Waals surface area (Å²) in [5, 5.41) is 10.3. The first-order chi connectivity index (χ1) is 11.2. The highest BCUT2D eigenvalue weighted by atomic mass is 35.5. The maximum Gasteiger partial charge on any atom is 0.331 e. The molecule has 0 saturated heterocycles. The van der Waals surface area contributed by atoms with Crippen LogP contribution in [0.15, 0.2) is 52.3 Å². The lowest BCUT2D eigenvalue weighted by atomic mass is 10.2. The summed E-state index contributed by atoms with van der Waals surface area (Å²) in [5.41, 5.74) is 0.747. The average molecular weight is 347 g/mol. The van der Waals surface area contributed by atoms with E-state index < -0.39 is 5.97 Å². The third-order valence-corrected chi connectivity index (χ3v) is 3.91. The van der Waals surface area contributed by atoms with E-state index >= 15 is 0 Å². The number of hydrogen-bond donors (Lipinski definition) is 0. The van der Waals surface area contributed by atoms with Crippen molar-refractivity contribution < 1.29 is 13.9 Å². The molecule has 0 amide bonds. The Morgan fingerprint density at radius 2 is 2.09 bits per heavy atom. The van der Waals surface area contributed by atoms with Gasteiger partial charge in [0.2, 0.25) is 5.89 Å². The number of esters is 1. The van der Waals surface area contributed by atoms with E-state index in [1.54, 1.807) is 30.3 Å². The molecule has 0 fully saturated rings. The molecule has 0 aliphatic heterocycles. The molecule has 5 nitrogen and oxygen atoms in total. The number of carbonyl (C=O) groups is 1. The Balaban J connectivity index is 1.57. The largest absolute Gasteiger partial charge is 0.452 e. The van der Waals surface area contributed by atoms with Crippen LogP contribution in [0.4, 0.5) is 0 Å². The van der Waals surface area contributed by atoms with Crippen molar-refractivity contribution in [1.29, 1.82) is 0 Å². The molecule has 0 atom stereocenters. The number of hydrogen-bond acceptors (Lipinski definition) is 6. The lowest BCUT2D eigenvalue weighted by Crippen LogP contribution is -2.00. The number of nitrogens with zero attached hydrogens (tertiary/aromatic N) is 2. The minimum Gasteiger partial charge on any atom is -0.452 e. The van der Waals surface area contributed by atoms with Gasteiger partial charge in [0.1, 0.15) is 0 Å². The quantitative estimate of drug-likeness (QED) is 0.511. The standard InChI is InChI=1S/C16H11ClN2O3S/c17-12-5-3-11(4-6-12)16-19-18-14(22-16)10-21-15(20)8-7-13-2-1-9-23-13/h1-9H,10H2/b8-7+. The summed E-state index contributed by atoms with van der Waals surface area (Å²) in [7, 11) is 0. The third-order valence-electron chi connectivity index (χ3n) is 2.82. The number of halogens is 1. The summed E-state index contributed by atoms with van der Waals surface area (Å²) in [6, 6.07) is 10.8. The van der Waals surface area contributed by atoms with Gasteiger partial charge in [0.15, 0.2) is 6.61 Å². The maximum atomic E-state index is 11.6. The van der Waals surface area contributed by atoms with Crippen LogP contribution >= 0.6 is 22.9 Å². The van der Waals surface area contributed by atoms with Gasteiger partial charge >= 0.3 is 5.97 Å². The highest BCUT2D eigenvalue weighted by Crippen LogP contribution is 2.20. The number of carbonyl (C=O) groups excluding carboxylic acids is 1. The van der Waals surface area contributed by atoms with Gasteiger partial charge in [-0.15, -0.1) is 21.5 Å². The zero-order valence-electron chi connectivity index (χ0n) is 11.8. The number of rotatable bonds is 5. The monoisotopic (exact) mass is 346 g/mol. The molecule has 0 unspecified atom stereocenters. The zero-order valence-corrected chi connectivity index (χ0v) is 13.4. The van der Waals surface area contributed by atoms with E-state index in [2.05, 4.69) is 10.2 Å². The van der Waals surface area contributed by atoms with Crippen LogP contribution in [0.3, 0.4) is 0 Å². The van der Waals surface area contributed by atoms with Crippen LogP contribution in [0.5, 0.6) is 0 Å². The van der Waals surface area contributed by atoms with Gasteiger partial charge in [-0.1, -0.05) is 17.7 Å². The fourth-order valence-corrected chi connectivity index (χ4v) is 2.48. The second-order valence-electron chi connectivity index (χ2n) is 4.46. The molecule has 0 N–H and O–H groups in total. The van der Waals surface area contributed by atoms with E-state index in [-0.39, 0.29) is 12.5 Å². The molecule has 23 heavy (non-hydrogen) atoms. The molecule has 116 valence electrons. The topological polar surface area (TPSA) is 65.2 Å². The van der Waals surface area contributed by atoms with E-state index in [0.29, 0.717) is 10.9 Å². The number of benzene rings is 1. The lowest BCUT2D eigenvalue weighted by Gasteiger charge is -1.97. The van der Waals surface area contributed by atoms with E-state index in [1.165, 1.54) is 17.4 Å². The van der Waals surface area contributed by atoms with Crippen molar-refractivity contribution in [2.75, 3.05) is 0 Å². The van der Waals surface area contributed by atoms with Crippen LogP contribution in [0.2, 0.25) is 5.02 Å². The Labute approximate surface area is 141 Å². The van der Waals surface area contributed by atoms with Gasteiger partial charge in [0.25, 0.3) is 5.89 Å². The predicted octanol–water partition coefficient (Wildman–Crippen LogP) is 4.21. The molecule has 0 aliphatic carbocycles. The molecular formula is C16H11ClN2O3S. The minimum absolute atomic E-state index is 0.0752. The van der Waals surface area contributed by atoms with Crippen LogP contribution < -0.4 is 0 Å². The van der Waals surface area contributed by atoms with Crippen LogP contribution in [-0.4, -0.2) is 16.2 Å². The van der Waals surface area contributed by atoms with E-state index in [9.17, 15) is 4.79 Å². The molecule has 3 rings (SSSR count). The third kappa shape index (κ3) is 4.28. The van der Waals surface area contributed by atoms with Crippen molar-refractivity contribution in [3.05, 3.63) is 63.6 Å². The highest BCUT2D eigenvalue weighted by Gasteiger charge is 2.10. The molecule has 0 bridgehead atoms. The first kappa shape index (κ1) is 15.5. The van der Waals surface area contributed by atoms with Crippen LogP contribution in [0.1, 0.15) is 10.8 Å².